The predicted octanol–water partition coefficient (Wildman–Crippen LogP) is 1.79. The molecular formula is C14H21NO3. The fourth-order valence-corrected chi connectivity index (χ4v) is 2.41. The molecule has 3 N–H and O–H groups in total. The van der Waals surface area contributed by atoms with E-state index in [0.29, 0.717) is 18.3 Å². The highest BCUT2D eigenvalue weighted by molar-refractivity contribution is 5.45. The number of para-hydroxylation sites is 1. The van der Waals surface area contributed by atoms with Gasteiger partial charge in [-0.1, -0.05) is 12.1 Å². The molecule has 0 spiro atoms. The Morgan fingerprint density at radius 2 is 2.00 bits per heavy atom. The fourth-order valence-electron chi connectivity index (χ4n) is 2.41. The van der Waals surface area contributed by atoms with Gasteiger partial charge in [-0.3, -0.25) is 0 Å². The summed E-state index contributed by atoms with van der Waals surface area (Å²) in [6.07, 6.45) is 3.58. The van der Waals surface area contributed by atoms with Crippen molar-refractivity contribution < 1.29 is 14.9 Å². The molecular weight excluding hydrogens is 230 g/mol. The fraction of sp³-hybridized carbons (Fsp3) is 0.571. The highest BCUT2D eigenvalue weighted by atomic mass is 16.5. The molecule has 2 rings (SSSR count). The van der Waals surface area contributed by atoms with Crippen LogP contribution < -0.4 is 10.1 Å². The SMILES string of the molecule is COc1cccc(CNC2CCC(O)CC2)c1O. The van der Waals surface area contributed by atoms with Gasteiger partial charge in [-0.05, 0) is 31.7 Å². The van der Waals surface area contributed by atoms with E-state index < -0.39 is 0 Å². The lowest BCUT2D eigenvalue weighted by atomic mass is 9.93. The Morgan fingerprint density at radius 3 is 2.67 bits per heavy atom. The molecule has 18 heavy (non-hydrogen) atoms. The van der Waals surface area contributed by atoms with Crippen LogP contribution >= 0.6 is 0 Å². The molecule has 0 radical (unpaired) electrons. The highest BCUT2D eigenvalue weighted by Crippen LogP contribution is 2.29. The zero-order valence-corrected chi connectivity index (χ0v) is 10.7. The van der Waals surface area contributed by atoms with Crippen LogP contribution in [0.5, 0.6) is 11.5 Å². The van der Waals surface area contributed by atoms with Gasteiger partial charge in [0.25, 0.3) is 0 Å². The third-order valence-corrected chi connectivity index (χ3v) is 3.58. The second-order valence-corrected chi connectivity index (χ2v) is 4.85. The second-order valence-electron chi connectivity index (χ2n) is 4.85. The number of hydrogen-bond donors (Lipinski definition) is 3. The summed E-state index contributed by atoms with van der Waals surface area (Å²) in [4.78, 5) is 0. The van der Waals surface area contributed by atoms with Crippen LogP contribution in [0.2, 0.25) is 0 Å². The van der Waals surface area contributed by atoms with Crippen LogP contribution in [0.1, 0.15) is 31.2 Å². The number of aromatic hydroxyl groups is 1. The maximum absolute atomic E-state index is 9.96. The van der Waals surface area contributed by atoms with E-state index in [1.165, 1.54) is 0 Å². The molecule has 1 aliphatic carbocycles. The predicted molar refractivity (Wildman–Crippen MR) is 69.8 cm³/mol. The van der Waals surface area contributed by atoms with E-state index in [-0.39, 0.29) is 11.9 Å². The Balaban J connectivity index is 1.90. The van der Waals surface area contributed by atoms with Crippen LogP contribution in [0, 0.1) is 0 Å². The van der Waals surface area contributed by atoms with Gasteiger partial charge in [0.2, 0.25) is 0 Å². The Morgan fingerprint density at radius 1 is 1.28 bits per heavy atom. The number of phenols is 1. The standard InChI is InChI=1S/C14H21NO3/c1-18-13-4-2-3-10(14(13)17)9-15-11-5-7-12(16)8-6-11/h2-4,11-12,15-17H,5-9H2,1H3. The topological polar surface area (TPSA) is 61.7 Å². The van der Waals surface area contributed by atoms with Crippen LogP contribution in [0.25, 0.3) is 0 Å². The van der Waals surface area contributed by atoms with E-state index >= 15 is 0 Å². The van der Waals surface area contributed by atoms with Crippen molar-refractivity contribution in [2.45, 2.75) is 44.4 Å². The van der Waals surface area contributed by atoms with Gasteiger partial charge in [0.05, 0.1) is 13.2 Å². The van der Waals surface area contributed by atoms with Crippen LogP contribution in [0.4, 0.5) is 0 Å². The number of ether oxygens (including phenoxy) is 1. The normalized spacial score (nSPS) is 23.9. The Hall–Kier alpha value is -1.26. The van der Waals surface area contributed by atoms with Crippen LogP contribution in [0.3, 0.4) is 0 Å². The summed E-state index contributed by atoms with van der Waals surface area (Å²) < 4.78 is 5.08. The van der Waals surface area contributed by atoms with E-state index in [1.807, 2.05) is 12.1 Å². The zero-order valence-electron chi connectivity index (χ0n) is 10.7. The Labute approximate surface area is 108 Å². The average molecular weight is 251 g/mol. The summed E-state index contributed by atoms with van der Waals surface area (Å²) in [5, 5.41) is 22.8. The van der Waals surface area contributed by atoms with E-state index in [4.69, 9.17) is 4.74 Å². The van der Waals surface area contributed by atoms with Gasteiger partial charge in [0.1, 0.15) is 0 Å². The number of methoxy groups -OCH3 is 1. The molecule has 4 heteroatoms. The van der Waals surface area contributed by atoms with Crippen molar-refractivity contribution >= 4 is 0 Å². The zero-order chi connectivity index (χ0) is 13.0. The molecule has 1 aromatic rings. The largest absolute Gasteiger partial charge is 0.504 e. The molecule has 1 fully saturated rings. The quantitative estimate of drug-likeness (QED) is 0.763. The van der Waals surface area contributed by atoms with Crippen molar-refractivity contribution in [3.05, 3.63) is 23.8 Å². The molecule has 4 nitrogen and oxygen atoms in total. The monoisotopic (exact) mass is 251 g/mol. The van der Waals surface area contributed by atoms with Gasteiger partial charge in [-0.15, -0.1) is 0 Å². The molecule has 1 aromatic carbocycles. The van der Waals surface area contributed by atoms with Crippen molar-refractivity contribution in [2.24, 2.45) is 0 Å². The molecule has 0 heterocycles. The van der Waals surface area contributed by atoms with E-state index in [2.05, 4.69) is 5.32 Å². The molecule has 100 valence electrons. The van der Waals surface area contributed by atoms with Crippen LogP contribution in [-0.4, -0.2) is 29.5 Å². The molecule has 1 saturated carbocycles. The first-order chi connectivity index (χ1) is 8.70. The summed E-state index contributed by atoms with van der Waals surface area (Å²) in [7, 11) is 1.55. The minimum atomic E-state index is -0.131. The van der Waals surface area contributed by atoms with Crippen molar-refractivity contribution in [3.63, 3.8) is 0 Å². The summed E-state index contributed by atoms with van der Waals surface area (Å²) in [6.45, 7) is 0.629. The van der Waals surface area contributed by atoms with Gasteiger partial charge in [-0.2, -0.15) is 0 Å². The first-order valence-corrected chi connectivity index (χ1v) is 6.47. The highest BCUT2D eigenvalue weighted by Gasteiger charge is 2.19. The number of rotatable bonds is 4. The van der Waals surface area contributed by atoms with Gasteiger partial charge in [-0.25, -0.2) is 0 Å². The molecule has 0 aromatic heterocycles. The molecule has 0 bridgehead atoms. The van der Waals surface area contributed by atoms with Crippen molar-refractivity contribution in [2.75, 3.05) is 7.11 Å². The Kier molecular flexibility index (Phi) is 4.44. The van der Waals surface area contributed by atoms with Crippen molar-refractivity contribution in [1.82, 2.24) is 5.32 Å². The number of aliphatic hydroxyl groups excluding tert-OH is 1. The molecule has 0 unspecified atom stereocenters. The van der Waals surface area contributed by atoms with Gasteiger partial charge in [0.15, 0.2) is 11.5 Å². The lowest BCUT2D eigenvalue weighted by Crippen LogP contribution is -2.34. The third kappa shape index (κ3) is 3.15. The number of aliphatic hydroxyl groups is 1. The molecule has 0 atom stereocenters. The van der Waals surface area contributed by atoms with Crippen LogP contribution in [0.15, 0.2) is 18.2 Å². The number of hydrogen-bond acceptors (Lipinski definition) is 4. The second kappa shape index (κ2) is 6.07. The van der Waals surface area contributed by atoms with Gasteiger partial charge >= 0.3 is 0 Å². The maximum atomic E-state index is 9.96. The lowest BCUT2D eigenvalue weighted by Gasteiger charge is -2.26. The van der Waals surface area contributed by atoms with Crippen LogP contribution in [-0.2, 0) is 6.54 Å². The third-order valence-electron chi connectivity index (χ3n) is 3.58. The Bertz CT molecular complexity index is 387. The van der Waals surface area contributed by atoms with Gasteiger partial charge < -0.3 is 20.3 Å². The smallest absolute Gasteiger partial charge is 0.162 e. The van der Waals surface area contributed by atoms with E-state index in [0.717, 1.165) is 31.2 Å². The van der Waals surface area contributed by atoms with Crippen molar-refractivity contribution in [1.29, 1.82) is 0 Å². The molecule has 0 aliphatic heterocycles. The minimum Gasteiger partial charge on any atom is -0.504 e. The summed E-state index contributed by atoms with van der Waals surface area (Å²) in [5.41, 5.74) is 0.848. The number of nitrogens with one attached hydrogen (secondary N) is 1. The lowest BCUT2D eigenvalue weighted by molar-refractivity contribution is 0.116. The molecule has 1 aliphatic rings. The summed E-state index contributed by atoms with van der Waals surface area (Å²) in [6, 6.07) is 5.94. The minimum absolute atomic E-state index is 0.131. The first-order valence-electron chi connectivity index (χ1n) is 6.47. The number of benzene rings is 1. The molecule has 0 amide bonds. The maximum Gasteiger partial charge on any atom is 0.162 e. The van der Waals surface area contributed by atoms with Crippen molar-refractivity contribution in [3.8, 4) is 11.5 Å². The van der Waals surface area contributed by atoms with E-state index in [1.54, 1.807) is 13.2 Å². The summed E-state index contributed by atoms with van der Waals surface area (Å²) >= 11 is 0. The molecule has 0 saturated heterocycles. The first kappa shape index (κ1) is 13.2. The number of phenolic OH excluding ortho intramolecular Hbond substituents is 1. The van der Waals surface area contributed by atoms with Gasteiger partial charge in [0, 0.05) is 18.2 Å². The summed E-state index contributed by atoms with van der Waals surface area (Å²) in [5.74, 6) is 0.719. The van der Waals surface area contributed by atoms with E-state index in [9.17, 15) is 10.2 Å². The average Bonchev–Trinajstić information content (AvgIpc) is 2.39.